The monoisotopic (exact) mass is 357 g/mol. The number of nitrogens with two attached hydrogens (primary N) is 2. The molecule has 2 atom stereocenters. The van der Waals surface area contributed by atoms with Crippen LogP contribution in [0.15, 0.2) is 48.5 Å². The van der Waals surface area contributed by atoms with E-state index in [4.69, 9.17) is 11.5 Å². The zero-order chi connectivity index (χ0) is 19.1. The highest BCUT2D eigenvalue weighted by Crippen LogP contribution is 2.20. The molecule has 6 heteroatoms. The van der Waals surface area contributed by atoms with Crippen LogP contribution in [-0.4, -0.2) is 23.0 Å². The van der Waals surface area contributed by atoms with Crippen molar-refractivity contribution in [3.05, 3.63) is 77.5 Å². The van der Waals surface area contributed by atoms with Gasteiger partial charge in [0.25, 0.3) is 5.91 Å². The summed E-state index contributed by atoms with van der Waals surface area (Å²) >= 11 is 0. The lowest BCUT2D eigenvalue weighted by Crippen LogP contribution is -2.30. The van der Waals surface area contributed by atoms with E-state index >= 15 is 0 Å². The van der Waals surface area contributed by atoms with E-state index in [0.29, 0.717) is 6.42 Å². The molecule has 0 spiro atoms. The van der Waals surface area contributed by atoms with Gasteiger partial charge in [0.1, 0.15) is 5.82 Å². The van der Waals surface area contributed by atoms with Crippen molar-refractivity contribution >= 4 is 11.8 Å². The molecule has 137 valence electrons. The molecule has 2 aromatic rings. The molecule has 2 aromatic carbocycles. The number of carbonyl (C=O) groups is 2. The molecule has 0 aliphatic carbocycles. The average Bonchev–Trinajstić information content (AvgIpc) is 2.61. The molecular formula is C20H22FN2O3. The minimum absolute atomic E-state index is 0.0154. The van der Waals surface area contributed by atoms with Crippen LogP contribution in [-0.2, 0) is 17.6 Å². The van der Waals surface area contributed by atoms with Gasteiger partial charge in [0, 0.05) is 5.92 Å². The van der Waals surface area contributed by atoms with Gasteiger partial charge in [-0.05, 0) is 42.9 Å². The molecule has 0 heterocycles. The highest BCUT2D eigenvalue weighted by Gasteiger charge is 2.23. The predicted octanol–water partition coefficient (Wildman–Crippen LogP) is 1.77. The van der Waals surface area contributed by atoms with Crippen molar-refractivity contribution < 1.29 is 19.1 Å². The van der Waals surface area contributed by atoms with E-state index in [-0.39, 0.29) is 24.0 Å². The Morgan fingerprint density at radius 1 is 1.08 bits per heavy atom. The van der Waals surface area contributed by atoms with Crippen LogP contribution >= 0.6 is 0 Å². The molecule has 5 nitrogen and oxygen atoms in total. The summed E-state index contributed by atoms with van der Waals surface area (Å²) in [5, 5.41) is 10.2. The Hall–Kier alpha value is -2.73. The highest BCUT2D eigenvalue weighted by atomic mass is 19.1. The van der Waals surface area contributed by atoms with Gasteiger partial charge in [-0.1, -0.05) is 42.5 Å². The largest absolute Gasteiger partial charge is 0.393 e. The molecule has 0 saturated carbocycles. The van der Waals surface area contributed by atoms with E-state index in [0.717, 1.165) is 5.56 Å². The fourth-order valence-electron chi connectivity index (χ4n) is 2.77. The quantitative estimate of drug-likeness (QED) is 0.636. The van der Waals surface area contributed by atoms with Gasteiger partial charge >= 0.3 is 0 Å². The van der Waals surface area contributed by atoms with Crippen molar-refractivity contribution in [2.75, 3.05) is 0 Å². The summed E-state index contributed by atoms with van der Waals surface area (Å²) in [7, 11) is 0. The maximum absolute atomic E-state index is 14.3. The van der Waals surface area contributed by atoms with E-state index in [2.05, 4.69) is 0 Å². The van der Waals surface area contributed by atoms with Crippen LogP contribution in [0, 0.1) is 18.2 Å². The Morgan fingerprint density at radius 2 is 1.77 bits per heavy atom. The second-order valence-corrected chi connectivity index (χ2v) is 6.17. The Balaban J connectivity index is 2.02. The van der Waals surface area contributed by atoms with Gasteiger partial charge in [0.05, 0.1) is 11.7 Å². The summed E-state index contributed by atoms with van der Waals surface area (Å²) in [5.41, 5.74) is 11.5. The Kier molecular flexibility index (Phi) is 6.86. The number of benzene rings is 2. The molecular weight excluding hydrogens is 335 g/mol. The third kappa shape index (κ3) is 5.39. The summed E-state index contributed by atoms with van der Waals surface area (Å²) in [6.45, 7) is 0. The van der Waals surface area contributed by atoms with Gasteiger partial charge in [0.2, 0.25) is 5.91 Å². The normalized spacial score (nSPS) is 13.2. The first-order chi connectivity index (χ1) is 12.4. The molecule has 0 fully saturated rings. The number of aliphatic hydroxyl groups is 1. The fourth-order valence-corrected chi connectivity index (χ4v) is 2.77. The van der Waals surface area contributed by atoms with Gasteiger partial charge in [0.15, 0.2) is 0 Å². The number of amides is 2. The van der Waals surface area contributed by atoms with E-state index in [9.17, 15) is 19.1 Å². The topological polar surface area (TPSA) is 106 Å². The zero-order valence-electron chi connectivity index (χ0n) is 14.3. The lowest BCUT2D eigenvalue weighted by atomic mass is 9.90. The van der Waals surface area contributed by atoms with Gasteiger partial charge < -0.3 is 16.6 Å². The number of hydrogen-bond donors (Lipinski definition) is 3. The standard InChI is InChI=1S/C20H22FN2O3/c21-18-14(7-4-8-17(18)20(23)26)11-15(19(22)25)12-16(24)10-9-13-5-2-1-3-6-13/h1-8,10,15-16,24H,9,11-12H2,(H2,22,25)(H2,23,26)/t15-,16+/m1/s1. The highest BCUT2D eigenvalue weighted by molar-refractivity contribution is 5.93. The number of carbonyl (C=O) groups excluding carboxylic acids is 2. The van der Waals surface area contributed by atoms with E-state index < -0.39 is 29.7 Å². The summed E-state index contributed by atoms with van der Waals surface area (Å²) in [4.78, 5) is 23.0. The summed E-state index contributed by atoms with van der Waals surface area (Å²) < 4.78 is 14.3. The van der Waals surface area contributed by atoms with Crippen LogP contribution in [0.2, 0.25) is 0 Å². The van der Waals surface area contributed by atoms with Crippen molar-refractivity contribution in [3.8, 4) is 0 Å². The minimum atomic E-state index is -0.879. The number of primary amides is 2. The smallest absolute Gasteiger partial charge is 0.251 e. The van der Waals surface area contributed by atoms with Crippen LogP contribution in [0.3, 0.4) is 0 Å². The van der Waals surface area contributed by atoms with Crippen molar-refractivity contribution in [3.63, 3.8) is 0 Å². The van der Waals surface area contributed by atoms with Crippen LogP contribution in [0.1, 0.15) is 27.9 Å². The predicted molar refractivity (Wildman–Crippen MR) is 96.4 cm³/mol. The molecule has 0 unspecified atom stereocenters. The van der Waals surface area contributed by atoms with Gasteiger partial charge in [-0.15, -0.1) is 0 Å². The number of rotatable bonds is 9. The first kappa shape index (κ1) is 19.6. The fraction of sp³-hybridized carbons (Fsp3) is 0.250. The molecule has 1 radical (unpaired) electrons. The minimum Gasteiger partial charge on any atom is -0.393 e. The van der Waals surface area contributed by atoms with Crippen LogP contribution in [0.5, 0.6) is 0 Å². The molecule has 0 bridgehead atoms. The molecule has 0 saturated heterocycles. The van der Waals surface area contributed by atoms with Gasteiger partial charge in [-0.25, -0.2) is 4.39 Å². The third-order valence-electron chi connectivity index (χ3n) is 4.21. The zero-order valence-corrected chi connectivity index (χ0v) is 14.3. The maximum Gasteiger partial charge on any atom is 0.251 e. The summed E-state index contributed by atoms with van der Waals surface area (Å²) in [6.07, 6.45) is 1.41. The summed E-state index contributed by atoms with van der Waals surface area (Å²) in [5.74, 6) is -3.04. The van der Waals surface area contributed by atoms with Crippen LogP contribution in [0.4, 0.5) is 4.39 Å². The van der Waals surface area contributed by atoms with Gasteiger partial charge in [-0.2, -0.15) is 0 Å². The Bertz CT molecular complexity index is 765. The number of hydrogen-bond acceptors (Lipinski definition) is 3. The number of aliphatic hydroxyl groups excluding tert-OH is 1. The van der Waals surface area contributed by atoms with E-state index in [1.165, 1.54) is 18.2 Å². The van der Waals surface area contributed by atoms with Crippen molar-refractivity contribution in [1.29, 1.82) is 0 Å². The van der Waals surface area contributed by atoms with Crippen molar-refractivity contribution in [1.82, 2.24) is 0 Å². The Morgan fingerprint density at radius 3 is 2.38 bits per heavy atom. The lowest BCUT2D eigenvalue weighted by Gasteiger charge is -2.18. The molecule has 2 amide bonds. The SMILES string of the molecule is NC(=O)c1cccc(C[C@H](C[C@@H](O)[CH]Cc2ccccc2)C(N)=O)c1F. The lowest BCUT2D eigenvalue weighted by molar-refractivity contribution is -0.122. The average molecular weight is 357 g/mol. The molecule has 5 N–H and O–H groups in total. The second-order valence-electron chi connectivity index (χ2n) is 6.17. The molecule has 0 aliphatic rings. The molecule has 0 aromatic heterocycles. The van der Waals surface area contributed by atoms with E-state index in [1.807, 2.05) is 30.3 Å². The van der Waals surface area contributed by atoms with E-state index in [1.54, 1.807) is 6.42 Å². The first-order valence-corrected chi connectivity index (χ1v) is 8.30. The van der Waals surface area contributed by atoms with Gasteiger partial charge in [-0.3, -0.25) is 9.59 Å². The number of halogens is 1. The Labute approximate surface area is 151 Å². The van der Waals surface area contributed by atoms with Crippen LogP contribution in [0.25, 0.3) is 0 Å². The van der Waals surface area contributed by atoms with Crippen molar-refractivity contribution in [2.24, 2.45) is 17.4 Å². The van der Waals surface area contributed by atoms with Crippen molar-refractivity contribution in [2.45, 2.75) is 25.4 Å². The molecule has 0 aliphatic heterocycles. The first-order valence-electron chi connectivity index (χ1n) is 8.30. The third-order valence-corrected chi connectivity index (χ3v) is 4.21. The second kappa shape index (κ2) is 9.10. The molecule has 26 heavy (non-hydrogen) atoms. The maximum atomic E-state index is 14.3. The molecule has 2 rings (SSSR count). The van der Waals surface area contributed by atoms with Crippen LogP contribution < -0.4 is 11.5 Å². The summed E-state index contributed by atoms with van der Waals surface area (Å²) in [6, 6.07) is 13.8.